The summed E-state index contributed by atoms with van der Waals surface area (Å²) in [6, 6.07) is 14.5. The molecule has 29 heavy (non-hydrogen) atoms. The zero-order valence-electron chi connectivity index (χ0n) is 17.1. The van der Waals surface area contributed by atoms with Gasteiger partial charge in [-0.3, -0.25) is 4.79 Å². The first kappa shape index (κ1) is 20.3. The molecular weight excluding hydrogens is 370 g/mol. The Labute approximate surface area is 170 Å². The van der Waals surface area contributed by atoms with Crippen LogP contribution in [0, 0.1) is 0 Å². The number of carbonyl (C=O) groups is 1. The van der Waals surface area contributed by atoms with E-state index in [-0.39, 0.29) is 17.2 Å². The van der Waals surface area contributed by atoms with Crippen molar-refractivity contribution >= 4 is 16.7 Å². The molecule has 0 aromatic heterocycles. The molecule has 6 heteroatoms. The average Bonchev–Trinajstić information content (AvgIpc) is 2.75. The number of rotatable bonds is 7. The lowest BCUT2D eigenvalue weighted by molar-refractivity contribution is 0.0794. The zero-order valence-corrected chi connectivity index (χ0v) is 17.1. The van der Waals surface area contributed by atoms with Crippen LogP contribution in [-0.4, -0.2) is 50.8 Å². The van der Waals surface area contributed by atoms with Gasteiger partial charge in [-0.25, -0.2) is 0 Å². The fourth-order valence-electron chi connectivity index (χ4n) is 3.27. The standard InChI is InChI=1S/C23H25NO5/c1-24(11-10-15-8-9-21(28-3)22(12-15)29-4)23(26)18-13-16-6-5-7-20(27-2)17(16)14-19(18)25/h5-9,12-14,25H,10-11H2,1-4H3. The third kappa shape index (κ3) is 4.21. The van der Waals surface area contributed by atoms with E-state index < -0.39 is 0 Å². The van der Waals surface area contributed by atoms with Gasteiger partial charge in [0.15, 0.2) is 11.5 Å². The van der Waals surface area contributed by atoms with Crippen LogP contribution in [0.4, 0.5) is 0 Å². The Balaban J connectivity index is 1.77. The van der Waals surface area contributed by atoms with Crippen LogP contribution in [0.15, 0.2) is 48.5 Å². The molecule has 0 spiro atoms. The molecule has 6 nitrogen and oxygen atoms in total. The highest BCUT2D eigenvalue weighted by atomic mass is 16.5. The summed E-state index contributed by atoms with van der Waals surface area (Å²) in [6.45, 7) is 0.490. The van der Waals surface area contributed by atoms with E-state index in [4.69, 9.17) is 14.2 Å². The third-order valence-corrected chi connectivity index (χ3v) is 4.94. The predicted molar refractivity (Wildman–Crippen MR) is 112 cm³/mol. The number of phenols is 1. The largest absolute Gasteiger partial charge is 0.507 e. The van der Waals surface area contributed by atoms with Crippen molar-refractivity contribution in [3.05, 3.63) is 59.7 Å². The van der Waals surface area contributed by atoms with Crippen LogP contribution in [-0.2, 0) is 6.42 Å². The molecular formula is C23H25NO5. The molecule has 0 aliphatic rings. The number of phenolic OH excluding ortho intramolecular Hbond substituents is 1. The number of nitrogens with zero attached hydrogens (tertiary/aromatic N) is 1. The maximum absolute atomic E-state index is 12.9. The quantitative estimate of drug-likeness (QED) is 0.657. The van der Waals surface area contributed by atoms with Crippen molar-refractivity contribution in [2.75, 3.05) is 34.9 Å². The lowest BCUT2D eigenvalue weighted by Crippen LogP contribution is -2.28. The average molecular weight is 395 g/mol. The summed E-state index contributed by atoms with van der Waals surface area (Å²) in [6.07, 6.45) is 0.644. The van der Waals surface area contributed by atoms with E-state index in [0.29, 0.717) is 30.2 Å². The fraction of sp³-hybridized carbons (Fsp3) is 0.261. The molecule has 0 aliphatic heterocycles. The van der Waals surface area contributed by atoms with Crippen molar-refractivity contribution in [3.63, 3.8) is 0 Å². The van der Waals surface area contributed by atoms with E-state index in [1.807, 2.05) is 36.4 Å². The van der Waals surface area contributed by atoms with E-state index in [2.05, 4.69) is 0 Å². The number of methoxy groups -OCH3 is 3. The maximum Gasteiger partial charge on any atom is 0.257 e. The van der Waals surface area contributed by atoms with Crippen LogP contribution < -0.4 is 14.2 Å². The van der Waals surface area contributed by atoms with Gasteiger partial charge in [0.1, 0.15) is 11.5 Å². The number of carbonyl (C=O) groups excluding carboxylic acids is 1. The second kappa shape index (κ2) is 8.73. The Bertz CT molecular complexity index is 1030. The Hall–Kier alpha value is -3.41. The van der Waals surface area contributed by atoms with Crippen molar-refractivity contribution in [1.29, 1.82) is 0 Å². The Kier molecular flexibility index (Phi) is 6.12. The first-order valence-electron chi connectivity index (χ1n) is 9.24. The summed E-state index contributed by atoms with van der Waals surface area (Å²) >= 11 is 0. The van der Waals surface area contributed by atoms with Gasteiger partial charge in [-0.15, -0.1) is 0 Å². The van der Waals surface area contributed by atoms with E-state index in [1.54, 1.807) is 45.4 Å². The van der Waals surface area contributed by atoms with E-state index in [0.717, 1.165) is 16.3 Å². The molecule has 3 rings (SSSR count). The van der Waals surface area contributed by atoms with Gasteiger partial charge in [0.05, 0.1) is 26.9 Å². The van der Waals surface area contributed by atoms with Crippen molar-refractivity contribution < 1.29 is 24.1 Å². The molecule has 1 N–H and O–H groups in total. The Morgan fingerprint density at radius 2 is 1.66 bits per heavy atom. The van der Waals surface area contributed by atoms with Crippen LogP contribution in [0.1, 0.15) is 15.9 Å². The van der Waals surface area contributed by atoms with Crippen LogP contribution in [0.5, 0.6) is 23.0 Å². The van der Waals surface area contributed by atoms with Crippen molar-refractivity contribution in [2.45, 2.75) is 6.42 Å². The van der Waals surface area contributed by atoms with Crippen LogP contribution in [0.25, 0.3) is 10.8 Å². The second-order valence-electron chi connectivity index (χ2n) is 6.72. The lowest BCUT2D eigenvalue weighted by Gasteiger charge is -2.19. The molecule has 0 saturated carbocycles. The minimum atomic E-state index is -0.243. The molecule has 0 saturated heterocycles. The molecule has 0 bridgehead atoms. The summed E-state index contributed by atoms with van der Waals surface area (Å²) in [5.74, 6) is 1.66. The highest BCUT2D eigenvalue weighted by Gasteiger charge is 2.18. The molecule has 0 heterocycles. The van der Waals surface area contributed by atoms with Gasteiger partial charge in [0.2, 0.25) is 0 Å². The number of ether oxygens (including phenoxy) is 3. The first-order chi connectivity index (χ1) is 14.0. The molecule has 152 valence electrons. The van der Waals surface area contributed by atoms with Gasteiger partial charge in [-0.2, -0.15) is 0 Å². The number of hydrogen-bond donors (Lipinski definition) is 1. The first-order valence-corrected chi connectivity index (χ1v) is 9.24. The normalized spacial score (nSPS) is 10.6. The van der Waals surface area contributed by atoms with Crippen molar-refractivity contribution in [3.8, 4) is 23.0 Å². The van der Waals surface area contributed by atoms with Crippen molar-refractivity contribution in [1.82, 2.24) is 4.90 Å². The third-order valence-electron chi connectivity index (χ3n) is 4.94. The molecule has 3 aromatic rings. The number of likely N-dealkylation sites (N-methyl/N-ethyl adjacent to an activating group) is 1. The Morgan fingerprint density at radius 3 is 2.34 bits per heavy atom. The predicted octanol–water partition coefficient (Wildman–Crippen LogP) is 3.89. The number of hydrogen-bond acceptors (Lipinski definition) is 5. The molecule has 0 radical (unpaired) electrons. The van der Waals surface area contributed by atoms with E-state index in [9.17, 15) is 9.90 Å². The Morgan fingerprint density at radius 1 is 0.931 bits per heavy atom. The van der Waals surface area contributed by atoms with Gasteiger partial charge in [0, 0.05) is 19.0 Å². The van der Waals surface area contributed by atoms with Gasteiger partial charge < -0.3 is 24.2 Å². The zero-order chi connectivity index (χ0) is 21.0. The molecule has 3 aromatic carbocycles. The van der Waals surface area contributed by atoms with E-state index in [1.165, 1.54) is 0 Å². The topological polar surface area (TPSA) is 68.2 Å². The highest BCUT2D eigenvalue weighted by molar-refractivity contribution is 6.02. The highest BCUT2D eigenvalue weighted by Crippen LogP contribution is 2.32. The fourth-order valence-corrected chi connectivity index (χ4v) is 3.27. The van der Waals surface area contributed by atoms with Gasteiger partial charge in [-0.05, 0) is 47.7 Å². The van der Waals surface area contributed by atoms with Gasteiger partial charge in [-0.1, -0.05) is 18.2 Å². The minimum Gasteiger partial charge on any atom is -0.507 e. The summed E-state index contributed by atoms with van der Waals surface area (Å²) < 4.78 is 15.9. The van der Waals surface area contributed by atoms with Gasteiger partial charge >= 0.3 is 0 Å². The minimum absolute atomic E-state index is 0.0648. The van der Waals surface area contributed by atoms with E-state index >= 15 is 0 Å². The molecule has 1 amide bonds. The summed E-state index contributed by atoms with van der Waals surface area (Å²) in [5, 5.41) is 12.0. The second-order valence-corrected chi connectivity index (χ2v) is 6.72. The maximum atomic E-state index is 12.9. The smallest absolute Gasteiger partial charge is 0.257 e. The van der Waals surface area contributed by atoms with Crippen LogP contribution in [0.3, 0.4) is 0 Å². The molecule has 0 fully saturated rings. The summed E-state index contributed by atoms with van der Waals surface area (Å²) in [5.41, 5.74) is 1.29. The summed E-state index contributed by atoms with van der Waals surface area (Å²) in [4.78, 5) is 14.5. The number of benzene rings is 3. The van der Waals surface area contributed by atoms with Crippen LogP contribution in [0.2, 0.25) is 0 Å². The monoisotopic (exact) mass is 395 g/mol. The number of aromatic hydroxyl groups is 1. The molecule has 0 aliphatic carbocycles. The molecule has 0 atom stereocenters. The number of fused-ring (bicyclic) bond motifs is 1. The van der Waals surface area contributed by atoms with Gasteiger partial charge in [0.25, 0.3) is 5.91 Å². The molecule has 0 unspecified atom stereocenters. The van der Waals surface area contributed by atoms with Crippen LogP contribution >= 0.6 is 0 Å². The lowest BCUT2D eigenvalue weighted by atomic mass is 10.0. The number of amides is 1. The SMILES string of the molecule is COc1ccc(CCN(C)C(=O)c2cc3cccc(OC)c3cc2O)cc1OC. The summed E-state index contributed by atoms with van der Waals surface area (Å²) in [7, 11) is 6.48. The van der Waals surface area contributed by atoms with Crippen molar-refractivity contribution in [2.24, 2.45) is 0 Å².